The summed E-state index contributed by atoms with van der Waals surface area (Å²) in [5.41, 5.74) is 1.34. The molecular weight excluding hydrogens is 293 g/mol. The van der Waals surface area contributed by atoms with Crippen molar-refractivity contribution in [3.63, 3.8) is 0 Å². The third-order valence-electron chi connectivity index (χ3n) is 2.22. The topological polar surface area (TPSA) is 42.1 Å². The summed E-state index contributed by atoms with van der Waals surface area (Å²) in [6, 6.07) is 3.57. The van der Waals surface area contributed by atoms with Crippen molar-refractivity contribution in [2.75, 3.05) is 6.61 Å². The summed E-state index contributed by atoms with van der Waals surface area (Å²) in [6.07, 6.45) is 1.63. The van der Waals surface area contributed by atoms with Crippen molar-refractivity contribution in [3.8, 4) is 0 Å². The Morgan fingerprint density at radius 2 is 2.31 bits per heavy atom. The second-order valence-corrected chi connectivity index (χ2v) is 4.50. The number of benzene rings is 1. The lowest BCUT2D eigenvalue weighted by atomic mass is 10.2. The molecule has 0 spiro atoms. The molecule has 2 aromatic rings. The summed E-state index contributed by atoms with van der Waals surface area (Å²) < 4.78 is 5.71. The summed E-state index contributed by atoms with van der Waals surface area (Å²) in [4.78, 5) is 14.6. The van der Waals surface area contributed by atoms with Gasteiger partial charge in [-0.05, 0) is 35.0 Å². The first-order valence-electron chi connectivity index (χ1n) is 4.76. The highest BCUT2D eigenvalue weighted by molar-refractivity contribution is 9.10. The first-order valence-corrected chi connectivity index (χ1v) is 5.94. The number of fused-ring (bicyclic) bond motifs is 1. The number of esters is 1. The molecule has 0 atom stereocenters. The number of aromatic nitrogens is 1. The van der Waals surface area contributed by atoms with Gasteiger partial charge in [0, 0.05) is 21.6 Å². The van der Waals surface area contributed by atoms with Crippen molar-refractivity contribution in [1.82, 2.24) is 4.98 Å². The molecule has 1 aromatic heterocycles. The lowest BCUT2D eigenvalue weighted by molar-refractivity contribution is 0.0529. The van der Waals surface area contributed by atoms with Gasteiger partial charge in [-0.2, -0.15) is 0 Å². The number of halogens is 2. The number of carbonyl (C=O) groups excluding carboxylic acids is 1. The van der Waals surface area contributed by atoms with Crippen molar-refractivity contribution < 1.29 is 9.53 Å². The first kappa shape index (κ1) is 11.5. The van der Waals surface area contributed by atoms with Crippen LogP contribution in [0.1, 0.15) is 17.3 Å². The summed E-state index contributed by atoms with van der Waals surface area (Å²) in [6.45, 7) is 2.14. The number of ether oxygens (including phenoxy) is 1. The van der Waals surface area contributed by atoms with Gasteiger partial charge in [0.2, 0.25) is 0 Å². The van der Waals surface area contributed by atoms with E-state index in [0.29, 0.717) is 17.2 Å². The third-order valence-corrected chi connectivity index (χ3v) is 3.42. The second kappa shape index (κ2) is 4.47. The van der Waals surface area contributed by atoms with E-state index < -0.39 is 0 Å². The summed E-state index contributed by atoms with van der Waals surface area (Å²) in [7, 11) is 0. The third kappa shape index (κ3) is 1.95. The van der Waals surface area contributed by atoms with Crippen molar-refractivity contribution in [3.05, 3.63) is 33.4 Å². The van der Waals surface area contributed by atoms with Gasteiger partial charge in [0.1, 0.15) is 0 Å². The molecule has 0 aliphatic carbocycles. The normalized spacial score (nSPS) is 10.7. The van der Waals surface area contributed by atoms with E-state index in [2.05, 4.69) is 20.9 Å². The number of hydrogen-bond acceptors (Lipinski definition) is 2. The molecule has 0 aliphatic rings. The van der Waals surface area contributed by atoms with Crippen molar-refractivity contribution in [2.24, 2.45) is 0 Å². The Morgan fingerprint density at radius 1 is 1.56 bits per heavy atom. The smallest absolute Gasteiger partial charge is 0.340 e. The van der Waals surface area contributed by atoms with Crippen LogP contribution in [0.25, 0.3) is 10.9 Å². The number of carbonyl (C=O) groups is 1. The highest BCUT2D eigenvalue weighted by atomic mass is 79.9. The predicted molar refractivity (Wildman–Crippen MR) is 67.0 cm³/mol. The van der Waals surface area contributed by atoms with E-state index in [1.54, 1.807) is 25.3 Å². The van der Waals surface area contributed by atoms with Gasteiger partial charge < -0.3 is 9.72 Å². The Balaban J connectivity index is 2.56. The molecule has 16 heavy (non-hydrogen) atoms. The minimum atomic E-state index is -0.331. The fourth-order valence-electron chi connectivity index (χ4n) is 1.49. The SMILES string of the molecule is CCOC(=O)c1c[nH]c2cc(Cl)c(Br)cc12. The number of nitrogens with one attached hydrogen (secondary N) is 1. The molecule has 0 radical (unpaired) electrons. The number of hydrogen-bond donors (Lipinski definition) is 1. The highest BCUT2D eigenvalue weighted by Crippen LogP contribution is 2.29. The lowest BCUT2D eigenvalue weighted by Crippen LogP contribution is -2.03. The minimum Gasteiger partial charge on any atom is -0.462 e. The van der Waals surface area contributed by atoms with Gasteiger partial charge in [0.05, 0.1) is 17.2 Å². The van der Waals surface area contributed by atoms with Crippen molar-refractivity contribution in [1.29, 1.82) is 0 Å². The Kier molecular flexibility index (Phi) is 3.21. The quantitative estimate of drug-likeness (QED) is 0.858. The van der Waals surface area contributed by atoms with E-state index in [0.717, 1.165) is 15.4 Å². The van der Waals surface area contributed by atoms with Gasteiger partial charge in [-0.15, -0.1) is 0 Å². The van der Waals surface area contributed by atoms with Crippen LogP contribution >= 0.6 is 27.5 Å². The molecule has 1 aromatic carbocycles. The second-order valence-electron chi connectivity index (χ2n) is 3.23. The molecule has 0 saturated carbocycles. The number of H-pyrrole nitrogens is 1. The predicted octanol–water partition coefficient (Wildman–Crippen LogP) is 3.76. The molecule has 5 heteroatoms. The maximum absolute atomic E-state index is 11.6. The molecule has 2 rings (SSSR count). The van der Waals surface area contributed by atoms with E-state index in [1.807, 2.05) is 0 Å². The fourth-order valence-corrected chi connectivity index (χ4v) is 2.00. The molecule has 3 nitrogen and oxygen atoms in total. The molecule has 0 unspecified atom stereocenters. The van der Waals surface area contributed by atoms with E-state index in [-0.39, 0.29) is 5.97 Å². The first-order chi connectivity index (χ1) is 7.63. The van der Waals surface area contributed by atoms with E-state index >= 15 is 0 Å². The number of rotatable bonds is 2. The van der Waals surface area contributed by atoms with Crippen LogP contribution in [0.3, 0.4) is 0 Å². The van der Waals surface area contributed by atoms with Gasteiger partial charge >= 0.3 is 5.97 Å². The molecule has 1 N–H and O–H groups in total. The summed E-state index contributed by atoms with van der Waals surface area (Å²) in [5.74, 6) is -0.331. The van der Waals surface area contributed by atoms with Crippen LogP contribution in [0.2, 0.25) is 5.02 Å². The fraction of sp³-hybridized carbons (Fsp3) is 0.182. The minimum absolute atomic E-state index is 0.331. The van der Waals surface area contributed by atoms with Crippen LogP contribution in [-0.4, -0.2) is 17.6 Å². The molecule has 0 aliphatic heterocycles. The molecule has 0 fully saturated rings. The van der Waals surface area contributed by atoms with Crippen LogP contribution < -0.4 is 0 Å². The Bertz CT molecular complexity index is 550. The molecule has 0 bridgehead atoms. The molecule has 1 heterocycles. The zero-order chi connectivity index (χ0) is 11.7. The van der Waals surface area contributed by atoms with Crippen LogP contribution in [0.4, 0.5) is 0 Å². The van der Waals surface area contributed by atoms with Crippen molar-refractivity contribution in [2.45, 2.75) is 6.92 Å². The van der Waals surface area contributed by atoms with Gasteiger partial charge in [-0.3, -0.25) is 0 Å². The highest BCUT2D eigenvalue weighted by Gasteiger charge is 2.14. The standard InChI is InChI=1S/C11H9BrClNO2/c1-2-16-11(15)7-5-14-10-4-9(13)8(12)3-6(7)10/h3-5,14H,2H2,1H3. The average Bonchev–Trinajstić information content (AvgIpc) is 2.62. The number of aromatic amines is 1. The lowest BCUT2D eigenvalue weighted by Gasteiger charge is -2.00. The average molecular weight is 303 g/mol. The van der Waals surface area contributed by atoms with Crippen LogP contribution in [0.15, 0.2) is 22.8 Å². The van der Waals surface area contributed by atoms with Crippen LogP contribution in [-0.2, 0) is 4.74 Å². The van der Waals surface area contributed by atoms with Gasteiger partial charge in [0.15, 0.2) is 0 Å². The summed E-state index contributed by atoms with van der Waals surface area (Å²) in [5, 5.41) is 1.40. The zero-order valence-electron chi connectivity index (χ0n) is 8.51. The molecule has 84 valence electrons. The van der Waals surface area contributed by atoms with E-state index in [1.165, 1.54) is 0 Å². The van der Waals surface area contributed by atoms with Gasteiger partial charge in [0.25, 0.3) is 0 Å². The van der Waals surface area contributed by atoms with Crippen molar-refractivity contribution >= 4 is 44.4 Å². The largest absolute Gasteiger partial charge is 0.462 e. The van der Waals surface area contributed by atoms with Crippen LogP contribution in [0.5, 0.6) is 0 Å². The van der Waals surface area contributed by atoms with Gasteiger partial charge in [-0.1, -0.05) is 11.6 Å². The Hall–Kier alpha value is -1.000. The zero-order valence-corrected chi connectivity index (χ0v) is 10.9. The summed E-state index contributed by atoms with van der Waals surface area (Å²) >= 11 is 9.28. The molecule has 0 saturated heterocycles. The maximum Gasteiger partial charge on any atom is 0.340 e. The van der Waals surface area contributed by atoms with Gasteiger partial charge in [-0.25, -0.2) is 4.79 Å². The maximum atomic E-state index is 11.6. The van der Waals surface area contributed by atoms with E-state index in [4.69, 9.17) is 16.3 Å². The Morgan fingerprint density at radius 3 is 3.00 bits per heavy atom. The molecular formula is C11H9BrClNO2. The van der Waals surface area contributed by atoms with Crippen LogP contribution in [0, 0.1) is 0 Å². The Labute approximate surface area is 106 Å². The monoisotopic (exact) mass is 301 g/mol. The van der Waals surface area contributed by atoms with E-state index in [9.17, 15) is 4.79 Å². The molecule has 0 amide bonds.